The average Bonchev–Trinajstić information content (AvgIpc) is 2.56. The first-order valence-electron chi connectivity index (χ1n) is 7.67. The van der Waals surface area contributed by atoms with Crippen molar-refractivity contribution >= 4 is 22.0 Å². The Morgan fingerprint density at radius 2 is 1.47 bits per heavy atom. The van der Waals surface area contributed by atoms with Crippen molar-refractivity contribution in [2.75, 3.05) is 13.2 Å². The number of rotatable bonds is 10. The molecular weight excluding hydrogens is 504 g/mol. The normalized spacial score (nSPS) is 15.6. The number of amides is 1. The summed E-state index contributed by atoms with van der Waals surface area (Å²) in [5, 5.41) is -5.03. The molecule has 0 bridgehead atoms. The molecule has 0 aliphatic rings. The lowest BCUT2D eigenvalue weighted by atomic mass is 10.2. The Balaban J connectivity index is 6.14. The van der Waals surface area contributed by atoms with Crippen LogP contribution < -0.4 is 5.32 Å². The van der Waals surface area contributed by atoms with Crippen LogP contribution >= 0.6 is 0 Å². The SMILES string of the molecule is C=C(C(=O)OC(OCCC(F)(F)C(F)(F)S(=O)(=O)[O-])(C(=O)NCC)C(F)(F)F)C(F)(F)F. The van der Waals surface area contributed by atoms with Crippen molar-refractivity contribution in [2.45, 2.75) is 42.7 Å². The summed E-state index contributed by atoms with van der Waals surface area (Å²) in [5.74, 6) is -16.4. The molecule has 1 amide bonds. The predicted octanol–water partition coefficient (Wildman–Crippen LogP) is 2.22. The molecule has 32 heavy (non-hydrogen) atoms. The van der Waals surface area contributed by atoms with Crippen LogP contribution in [0.3, 0.4) is 0 Å². The summed E-state index contributed by atoms with van der Waals surface area (Å²) in [5.41, 5.74) is -2.59. The topological polar surface area (TPSA) is 122 Å². The zero-order valence-corrected chi connectivity index (χ0v) is 16.2. The van der Waals surface area contributed by atoms with Crippen molar-refractivity contribution in [1.82, 2.24) is 5.32 Å². The van der Waals surface area contributed by atoms with E-state index in [9.17, 15) is 66.5 Å². The molecule has 0 rings (SSSR count). The Bertz CT molecular complexity index is 837. The van der Waals surface area contributed by atoms with Gasteiger partial charge in [-0.05, 0) is 6.92 Å². The lowest BCUT2D eigenvalue weighted by molar-refractivity contribution is -0.350. The van der Waals surface area contributed by atoms with Gasteiger partial charge in [-0.2, -0.15) is 43.9 Å². The van der Waals surface area contributed by atoms with E-state index in [1.165, 1.54) is 5.32 Å². The van der Waals surface area contributed by atoms with Gasteiger partial charge in [0.1, 0.15) is 5.57 Å². The third kappa shape index (κ3) is 6.21. The first kappa shape index (κ1) is 29.9. The van der Waals surface area contributed by atoms with Crippen molar-refractivity contribution in [1.29, 1.82) is 0 Å². The highest BCUT2D eigenvalue weighted by molar-refractivity contribution is 7.86. The molecule has 8 nitrogen and oxygen atoms in total. The second-order valence-corrected chi connectivity index (χ2v) is 7.03. The smallest absolute Gasteiger partial charge is 0.466 e. The van der Waals surface area contributed by atoms with E-state index in [2.05, 4.69) is 16.1 Å². The molecule has 0 aromatic carbocycles. The van der Waals surface area contributed by atoms with Gasteiger partial charge >= 0.3 is 41.2 Å². The molecule has 0 saturated carbocycles. The van der Waals surface area contributed by atoms with Crippen LogP contribution in [0.2, 0.25) is 0 Å². The molecule has 19 heteroatoms. The van der Waals surface area contributed by atoms with E-state index < -0.39 is 76.5 Å². The molecule has 0 radical (unpaired) electrons. The van der Waals surface area contributed by atoms with Crippen LogP contribution in [0.25, 0.3) is 0 Å². The molecule has 0 aromatic heterocycles. The van der Waals surface area contributed by atoms with Crippen LogP contribution in [0, 0.1) is 0 Å². The fourth-order valence-corrected chi connectivity index (χ4v) is 2.11. The Kier molecular flexibility index (Phi) is 8.75. The molecule has 0 spiro atoms. The summed E-state index contributed by atoms with van der Waals surface area (Å²) >= 11 is 0. The maximum absolute atomic E-state index is 13.5. The molecule has 1 N–H and O–H groups in total. The molecular formula is C13H12F10NO7S-. The molecule has 0 aliphatic carbocycles. The number of ether oxygens (including phenoxy) is 2. The molecule has 0 aromatic rings. The van der Waals surface area contributed by atoms with Gasteiger partial charge in [-0.3, -0.25) is 4.79 Å². The number of hydrogen-bond acceptors (Lipinski definition) is 7. The van der Waals surface area contributed by atoms with Crippen molar-refractivity contribution in [3.63, 3.8) is 0 Å². The Morgan fingerprint density at radius 1 is 1.00 bits per heavy atom. The maximum atomic E-state index is 13.5. The third-order valence-corrected chi connectivity index (χ3v) is 4.22. The minimum Gasteiger partial charge on any atom is -0.743 e. The van der Waals surface area contributed by atoms with E-state index >= 15 is 0 Å². The summed E-state index contributed by atoms with van der Waals surface area (Å²) < 4.78 is 169. The molecule has 1 atom stereocenters. The number of nitrogens with one attached hydrogen (secondary N) is 1. The van der Waals surface area contributed by atoms with Gasteiger partial charge in [0.05, 0.1) is 6.61 Å². The fourth-order valence-electron chi connectivity index (χ4n) is 1.65. The lowest BCUT2D eigenvalue weighted by Gasteiger charge is -2.34. The Labute approximate surface area is 172 Å². The minimum absolute atomic E-state index is 0.708. The quantitative estimate of drug-likeness (QED) is 0.155. The first-order valence-corrected chi connectivity index (χ1v) is 9.08. The minimum atomic E-state index is -7.04. The molecule has 188 valence electrons. The van der Waals surface area contributed by atoms with Gasteiger partial charge in [0.15, 0.2) is 10.1 Å². The average molecular weight is 516 g/mol. The van der Waals surface area contributed by atoms with Gasteiger partial charge in [-0.1, -0.05) is 6.58 Å². The zero-order chi connectivity index (χ0) is 26.0. The number of halogens is 10. The number of carbonyl (C=O) groups is 2. The lowest BCUT2D eigenvalue weighted by Crippen LogP contribution is -2.62. The number of esters is 1. The predicted molar refractivity (Wildman–Crippen MR) is 78.9 cm³/mol. The van der Waals surface area contributed by atoms with Crippen LogP contribution in [-0.4, -0.2) is 67.3 Å². The monoisotopic (exact) mass is 516 g/mol. The van der Waals surface area contributed by atoms with Gasteiger partial charge in [0, 0.05) is 13.0 Å². The van der Waals surface area contributed by atoms with Crippen LogP contribution in [0.4, 0.5) is 43.9 Å². The van der Waals surface area contributed by atoms with E-state index in [0.29, 0.717) is 0 Å². The van der Waals surface area contributed by atoms with E-state index in [1.807, 2.05) is 0 Å². The van der Waals surface area contributed by atoms with Crippen LogP contribution in [-0.2, 0) is 29.2 Å². The number of likely N-dealkylation sites (N-methyl/N-ethyl adjacent to an activating group) is 1. The number of hydrogen-bond donors (Lipinski definition) is 1. The highest BCUT2D eigenvalue weighted by Crippen LogP contribution is 2.42. The number of alkyl halides is 10. The molecule has 1 unspecified atom stereocenters. The Morgan fingerprint density at radius 3 is 1.81 bits per heavy atom. The van der Waals surface area contributed by atoms with Gasteiger partial charge in [-0.25, -0.2) is 13.2 Å². The van der Waals surface area contributed by atoms with Gasteiger partial charge in [0.2, 0.25) is 0 Å². The molecule has 0 saturated heterocycles. The summed E-state index contributed by atoms with van der Waals surface area (Å²) in [6, 6.07) is 0. The first-order chi connectivity index (χ1) is 14.0. The van der Waals surface area contributed by atoms with E-state index in [1.54, 1.807) is 0 Å². The van der Waals surface area contributed by atoms with Crippen LogP contribution in [0.15, 0.2) is 12.2 Å². The van der Waals surface area contributed by atoms with Crippen molar-refractivity contribution in [2.24, 2.45) is 0 Å². The molecule has 0 aliphatic heterocycles. The summed E-state index contributed by atoms with van der Waals surface area (Å²) in [6.07, 6.45) is -14.6. The Hall–Kier alpha value is -2.15. The van der Waals surface area contributed by atoms with E-state index in [4.69, 9.17) is 0 Å². The fraction of sp³-hybridized carbons (Fsp3) is 0.692. The highest BCUT2D eigenvalue weighted by atomic mass is 32.2. The van der Waals surface area contributed by atoms with E-state index in [-0.39, 0.29) is 0 Å². The molecule has 0 heterocycles. The van der Waals surface area contributed by atoms with Crippen LogP contribution in [0.5, 0.6) is 0 Å². The van der Waals surface area contributed by atoms with Crippen LogP contribution in [0.1, 0.15) is 13.3 Å². The standard InChI is InChI=1S/C13H13F10NO7S/c1-3-24-8(26)10(12(19,20)21,31-7(25)6(2)11(16,17)18)30-5-4-9(14,15)13(22,23)32(27,28)29/h2-5H2,1H3,(H,24,26)(H,27,28,29)/p-1. The molecule has 0 fully saturated rings. The number of carbonyl (C=O) groups excluding carboxylic acids is 2. The van der Waals surface area contributed by atoms with Gasteiger partial charge in [-0.15, -0.1) is 0 Å². The van der Waals surface area contributed by atoms with Crippen molar-refractivity contribution in [3.05, 3.63) is 12.2 Å². The second-order valence-electron chi connectivity index (χ2n) is 5.61. The van der Waals surface area contributed by atoms with Gasteiger partial charge < -0.3 is 19.3 Å². The van der Waals surface area contributed by atoms with Gasteiger partial charge in [0.25, 0.3) is 0 Å². The van der Waals surface area contributed by atoms with E-state index in [0.717, 1.165) is 6.92 Å². The zero-order valence-electron chi connectivity index (χ0n) is 15.4. The highest BCUT2D eigenvalue weighted by Gasteiger charge is 2.68. The van der Waals surface area contributed by atoms with Crippen molar-refractivity contribution < 1.29 is 75.9 Å². The summed E-state index contributed by atoms with van der Waals surface area (Å²) in [7, 11) is -7.04. The largest absolute Gasteiger partial charge is 0.743 e. The summed E-state index contributed by atoms with van der Waals surface area (Å²) in [4.78, 5) is 23.2. The third-order valence-electron chi connectivity index (χ3n) is 3.30. The van der Waals surface area contributed by atoms with Crippen molar-refractivity contribution in [3.8, 4) is 0 Å². The summed E-state index contributed by atoms with van der Waals surface area (Å²) in [6.45, 7) is -0.00530. The maximum Gasteiger partial charge on any atom is 0.466 e. The second kappa shape index (κ2) is 9.38.